The number of imidazole rings is 1. The first-order chi connectivity index (χ1) is 8.65. The first kappa shape index (κ1) is 11.0. The van der Waals surface area contributed by atoms with Crippen molar-refractivity contribution in [1.82, 2.24) is 9.55 Å². The molecule has 2 aromatic carbocycles. The largest absolute Gasteiger partial charge is 0.327 e. The Morgan fingerprint density at radius 1 is 0.944 bits per heavy atom. The van der Waals surface area contributed by atoms with E-state index in [9.17, 15) is 0 Å². The molecule has 1 aromatic heterocycles. The zero-order chi connectivity index (χ0) is 12.7. The van der Waals surface area contributed by atoms with Crippen molar-refractivity contribution in [3.8, 4) is 11.4 Å². The van der Waals surface area contributed by atoms with Crippen molar-refractivity contribution in [2.24, 2.45) is 7.05 Å². The van der Waals surface area contributed by atoms with Crippen LogP contribution in [0.15, 0.2) is 42.5 Å². The van der Waals surface area contributed by atoms with E-state index in [1.165, 1.54) is 22.2 Å². The zero-order valence-electron chi connectivity index (χ0n) is 10.9. The normalized spacial score (nSPS) is 11.1. The van der Waals surface area contributed by atoms with Crippen molar-refractivity contribution in [2.75, 3.05) is 0 Å². The second-order valence-electron chi connectivity index (χ2n) is 4.86. The molecule has 2 heteroatoms. The maximum absolute atomic E-state index is 4.73. The number of aryl methyl sites for hydroxylation is 3. The van der Waals surface area contributed by atoms with Crippen molar-refractivity contribution < 1.29 is 0 Å². The molecule has 90 valence electrons. The Kier molecular flexibility index (Phi) is 2.44. The Labute approximate surface area is 107 Å². The van der Waals surface area contributed by atoms with E-state index < -0.39 is 0 Å². The quantitative estimate of drug-likeness (QED) is 0.627. The average Bonchev–Trinajstić information content (AvgIpc) is 2.66. The van der Waals surface area contributed by atoms with Crippen LogP contribution in [0.2, 0.25) is 0 Å². The van der Waals surface area contributed by atoms with Crippen LogP contribution in [0.3, 0.4) is 0 Å². The SMILES string of the molecule is Cc1cc(C)cc(-c2nc3ccccc3n2C)c1. The lowest BCUT2D eigenvalue weighted by molar-refractivity contribution is 0.958. The Balaban J connectivity index is 2.28. The number of hydrogen-bond donors (Lipinski definition) is 0. The summed E-state index contributed by atoms with van der Waals surface area (Å²) in [6.07, 6.45) is 0. The van der Waals surface area contributed by atoms with E-state index in [-0.39, 0.29) is 0 Å². The maximum Gasteiger partial charge on any atom is 0.140 e. The summed E-state index contributed by atoms with van der Waals surface area (Å²) < 4.78 is 2.16. The monoisotopic (exact) mass is 236 g/mol. The molecule has 0 aliphatic heterocycles. The summed E-state index contributed by atoms with van der Waals surface area (Å²) >= 11 is 0. The van der Waals surface area contributed by atoms with E-state index in [0.717, 1.165) is 11.3 Å². The third-order valence-corrected chi connectivity index (χ3v) is 3.27. The van der Waals surface area contributed by atoms with Gasteiger partial charge < -0.3 is 4.57 Å². The molecule has 3 rings (SSSR count). The second-order valence-corrected chi connectivity index (χ2v) is 4.86. The van der Waals surface area contributed by atoms with Gasteiger partial charge in [-0.3, -0.25) is 0 Å². The van der Waals surface area contributed by atoms with Crippen LogP contribution in [0, 0.1) is 13.8 Å². The maximum atomic E-state index is 4.73. The predicted molar refractivity (Wildman–Crippen MR) is 75.6 cm³/mol. The Morgan fingerprint density at radius 3 is 2.28 bits per heavy atom. The Morgan fingerprint density at radius 2 is 1.61 bits per heavy atom. The summed E-state index contributed by atoms with van der Waals surface area (Å²) in [6, 6.07) is 14.8. The van der Waals surface area contributed by atoms with Crippen molar-refractivity contribution in [3.63, 3.8) is 0 Å². The highest BCUT2D eigenvalue weighted by molar-refractivity contribution is 5.80. The molecule has 0 spiro atoms. The molecule has 1 heterocycles. The molecule has 0 radical (unpaired) electrons. The van der Waals surface area contributed by atoms with Crippen LogP contribution >= 0.6 is 0 Å². The number of fused-ring (bicyclic) bond motifs is 1. The summed E-state index contributed by atoms with van der Waals surface area (Å²) in [5.74, 6) is 1.03. The third-order valence-electron chi connectivity index (χ3n) is 3.27. The molecule has 0 aliphatic rings. The molecule has 0 saturated heterocycles. The van der Waals surface area contributed by atoms with Gasteiger partial charge in [-0.25, -0.2) is 4.98 Å². The van der Waals surface area contributed by atoms with Gasteiger partial charge in [-0.15, -0.1) is 0 Å². The highest BCUT2D eigenvalue weighted by atomic mass is 15.1. The lowest BCUT2D eigenvalue weighted by atomic mass is 10.1. The highest BCUT2D eigenvalue weighted by Crippen LogP contribution is 2.25. The molecule has 0 N–H and O–H groups in total. The first-order valence-electron chi connectivity index (χ1n) is 6.15. The zero-order valence-corrected chi connectivity index (χ0v) is 10.9. The molecular formula is C16H16N2. The summed E-state index contributed by atoms with van der Waals surface area (Å²) in [5.41, 5.74) is 5.96. The standard InChI is InChI=1S/C16H16N2/c1-11-8-12(2)10-13(9-11)16-17-14-6-4-5-7-15(14)18(16)3/h4-10H,1-3H3. The number of aromatic nitrogens is 2. The Hall–Kier alpha value is -2.09. The van der Waals surface area contributed by atoms with E-state index in [2.05, 4.69) is 61.9 Å². The molecule has 2 nitrogen and oxygen atoms in total. The summed E-state index contributed by atoms with van der Waals surface area (Å²) in [5, 5.41) is 0. The van der Waals surface area contributed by atoms with Gasteiger partial charge in [0.2, 0.25) is 0 Å². The van der Waals surface area contributed by atoms with Crippen molar-refractivity contribution in [3.05, 3.63) is 53.6 Å². The molecule has 18 heavy (non-hydrogen) atoms. The molecule has 0 aliphatic carbocycles. The predicted octanol–water partition coefficient (Wildman–Crippen LogP) is 3.86. The Bertz CT molecular complexity index is 703. The van der Waals surface area contributed by atoms with Crippen LogP contribution in [0.5, 0.6) is 0 Å². The van der Waals surface area contributed by atoms with Crippen LogP contribution in [0.25, 0.3) is 22.4 Å². The highest BCUT2D eigenvalue weighted by Gasteiger charge is 2.09. The van der Waals surface area contributed by atoms with Crippen molar-refractivity contribution >= 4 is 11.0 Å². The van der Waals surface area contributed by atoms with Gasteiger partial charge in [0.05, 0.1) is 11.0 Å². The van der Waals surface area contributed by atoms with Crippen LogP contribution in [-0.4, -0.2) is 9.55 Å². The van der Waals surface area contributed by atoms with Crippen molar-refractivity contribution in [1.29, 1.82) is 0 Å². The molecule has 0 fully saturated rings. The van der Waals surface area contributed by atoms with Gasteiger partial charge in [-0.1, -0.05) is 29.3 Å². The third kappa shape index (κ3) is 1.70. The molecule has 3 aromatic rings. The van der Waals surface area contributed by atoms with E-state index in [1.54, 1.807) is 0 Å². The van der Waals surface area contributed by atoms with E-state index in [4.69, 9.17) is 4.98 Å². The second kappa shape index (κ2) is 3.98. The topological polar surface area (TPSA) is 17.8 Å². The van der Waals surface area contributed by atoms with Crippen LogP contribution in [0.4, 0.5) is 0 Å². The minimum Gasteiger partial charge on any atom is -0.327 e. The number of rotatable bonds is 1. The number of nitrogens with zero attached hydrogens (tertiary/aromatic N) is 2. The summed E-state index contributed by atoms with van der Waals surface area (Å²) in [6.45, 7) is 4.25. The number of hydrogen-bond acceptors (Lipinski definition) is 1. The van der Waals surface area contributed by atoms with Gasteiger partial charge in [0.25, 0.3) is 0 Å². The molecule has 0 unspecified atom stereocenters. The number of benzene rings is 2. The lowest BCUT2D eigenvalue weighted by Crippen LogP contribution is -1.93. The van der Waals surface area contributed by atoms with Gasteiger partial charge in [0, 0.05) is 12.6 Å². The minimum atomic E-state index is 1.03. The fourth-order valence-corrected chi connectivity index (χ4v) is 2.51. The average molecular weight is 236 g/mol. The van der Waals surface area contributed by atoms with Gasteiger partial charge in [-0.2, -0.15) is 0 Å². The lowest BCUT2D eigenvalue weighted by Gasteiger charge is -2.05. The molecule has 0 atom stereocenters. The summed E-state index contributed by atoms with van der Waals surface area (Å²) in [4.78, 5) is 4.73. The smallest absolute Gasteiger partial charge is 0.140 e. The van der Waals surface area contributed by atoms with Crippen LogP contribution < -0.4 is 0 Å². The fraction of sp³-hybridized carbons (Fsp3) is 0.188. The molecule has 0 saturated carbocycles. The molecule has 0 bridgehead atoms. The van der Waals surface area contributed by atoms with E-state index in [1.807, 2.05) is 6.07 Å². The first-order valence-corrected chi connectivity index (χ1v) is 6.15. The van der Waals surface area contributed by atoms with Gasteiger partial charge in [0.1, 0.15) is 5.82 Å². The summed E-state index contributed by atoms with van der Waals surface area (Å²) in [7, 11) is 2.07. The fourth-order valence-electron chi connectivity index (χ4n) is 2.51. The van der Waals surface area contributed by atoms with E-state index in [0.29, 0.717) is 0 Å². The van der Waals surface area contributed by atoms with Crippen LogP contribution in [0.1, 0.15) is 11.1 Å². The van der Waals surface area contributed by atoms with Gasteiger partial charge >= 0.3 is 0 Å². The van der Waals surface area contributed by atoms with E-state index >= 15 is 0 Å². The van der Waals surface area contributed by atoms with Gasteiger partial charge in [0.15, 0.2) is 0 Å². The minimum absolute atomic E-state index is 1.03. The van der Waals surface area contributed by atoms with Crippen LogP contribution in [-0.2, 0) is 7.05 Å². The number of para-hydroxylation sites is 2. The molecule has 0 amide bonds. The van der Waals surface area contributed by atoms with Gasteiger partial charge in [-0.05, 0) is 38.1 Å². The molecular weight excluding hydrogens is 220 g/mol. The van der Waals surface area contributed by atoms with Crippen molar-refractivity contribution in [2.45, 2.75) is 13.8 Å².